The number of alkyl halides is 1. The minimum atomic E-state index is -0.600. The van der Waals surface area contributed by atoms with Crippen LogP contribution in [-0.4, -0.2) is 13.1 Å². The first-order valence-corrected chi connectivity index (χ1v) is 5.15. The lowest BCUT2D eigenvalue weighted by atomic mass is 10.1. The van der Waals surface area contributed by atoms with Crippen LogP contribution in [0.2, 0.25) is 0 Å². The minimum Gasteiger partial charge on any atom is -0.316 e. The molecule has 1 N–H and O–H groups in total. The Labute approximate surface area is 89.5 Å². The maximum atomic E-state index is 12.6. The fourth-order valence-electron chi connectivity index (χ4n) is 1.15. The van der Waals surface area contributed by atoms with Gasteiger partial charge >= 0.3 is 0 Å². The van der Waals surface area contributed by atoms with Crippen molar-refractivity contribution in [3.05, 3.63) is 35.1 Å². The quantitative estimate of drug-likeness (QED) is 0.756. The highest BCUT2D eigenvalue weighted by molar-refractivity contribution is 5.22. The van der Waals surface area contributed by atoms with Crippen LogP contribution in [0.15, 0.2) is 18.2 Å². The maximum Gasteiger partial charge on any atom is 0.126 e. The molecule has 1 aromatic rings. The third-order valence-corrected chi connectivity index (χ3v) is 2.38. The lowest BCUT2D eigenvalue weighted by molar-refractivity contribution is 0.379. The molecule has 1 aromatic carbocycles. The summed E-state index contributed by atoms with van der Waals surface area (Å²) in [4.78, 5) is 0. The number of hydrogen-bond acceptors (Lipinski definition) is 1. The summed E-state index contributed by atoms with van der Waals surface area (Å²) in [5, 5.41) is 3.16. The zero-order valence-electron chi connectivity index (χ0n) is 9.19. The standard InChI is InChI=1S/C8H8F2.C4H9N/c1-6-2-3-7(5-9)4-8(6)10;1-4-2-5-3-4/h2-4H,5H2,1H3;4-5H,2-3H2,1H3. The number of nitrogens with one attached hydrogen (secondary N) is 1. The van der Waals surface area contributed by atoms with Gasteiger partial charge in [-0.15, -0.1) is 0 Å². The van der Waals surface area contributed by atoms with Gasteiger partial charge in [0.25, 0.3) is 0 Å². The Morgan fingerprint density at radius 2 is 2.00 bits per heavy atom. The summed E-state index contributed by atoms with van der Waals surface area (Å²) in [6, 6.07) is 4.37. The first kappa shape index (κ1) is 12.1. The van der Waals surface area contributed by atoms with Crippen molar-refractivity contribution in [1.29, 1.82) is 0 Å². The molecule has 1 saturated heterocycles. The Morgan fingerprint density at radius 3 is 2.33 bits per heavy atom. The summed E-state index contributed by atoms with van der Waals surface area (Å²) in [6.45, 7) is 5.77. The van der Waals surface area contributed by atoms with E-state index in [1.807, 2.05) is 0 Å². The molecule has 0 radical (unpaired) electrons. The fraction of sp³-hybridized carbons (Fsp3) is 0.500. The lowest BCUT2D eigenvalue weighted by Crippen LogP contribution is -2.39. The Morgan fingerprint density at radius 1 is 1.40 bits per heavy atom. The summed E-state index contributed by atoms with van der Waals surface area (Å²) in [7, 11) is 0. The summed E-state index contributed by atoms with van der Waals surface area (Å²) in [5.41, 5.74) is 0.945. The smallest absolute Gasteiger partial charge is 0.126 e. The van der Waals surface area contributed by atoms with E-state index in [9.17, 15) is 8.78 Å². The van der Waals surface area contributed by atoms with Gasteiger partial charge in [0, 0.05) is 0 Å². The molecule has 84 valence electrons. The van der Waals surface area contributed by atoms with E-state index < -0.39 is 6.67 Å². The van der Waals surface area contributed by atoms with Gasteiger partial charge in [0.1, 0.15) is 12.5 Å². The van der Waals surface area contributed by atoms with E-state index in [4.69, 9.17) is 0 Å². The van der Waals surface area contributed by atoms with Crippen molar-refractivity contribution < 1.29 is 8.78 Å². The molecule has 1 aliphatic heterocycles. The van der Waals surface area contributed by atoms with Crippen LogP contribution in [0, 0.1) is 18.7 Å². The van der Waals surface area contributed by atoms with Gasteiger partial charge in [0.2, 0.25) is 0 Å². The molecule has 0 aliphatic carbocycles. The Hall–Kier alpha value is -0.960. The van der Waals surface area contributed by atoms with Gasteiger partial charge in [-0.05, 0) is 43.1 Å². The van der Waals surface area contributed by atoms with Crippen molar-refractivity contribution in [2.45, 2.75) is 20.5 Å². The molecule has 2 rings (SSSR count). The zero-order chi connectivity index (χ0) is 11.3. The van der Waals surface area contributed by atoms with E-state index in [-0.39, 0.29) is 5.82 Å². The number of hydrogen-bond donors (Lipinski definition) is 1. The molecule has 0 amide bonds. The molecular weight excluding hydrogens is 196 g/mol. The molecule has 1 heterocycles. The Bertz CT molecular complexity index is 308. The van der Waals surface area contributed by atoms with Crippen LogP contribution in [0.3, 0.4) is 0 Å². The van der Waals surface area contributed by atoms with E-state index in [1.165, 1.54) is 19.2 Å². The average Bonchev–Trinajstić information content (AvgIpc) is 2.20. The van der Waals surface area contributed by atoms with E-state index >= 15 is 0 Å². The predicted molar refractivity (Wildman–Crippen MR) is 58.0 cm³/mol. The molecule has 0 saturated carbocycles. The second-order valence-electron chi connectivity index (χ2n) is 3.98. The zero-order valence-corrected chi connectivity index (χ0v) is 9.19. The van der Waals surface area contributed by atoms with Crippen molar-refractivity contribution in [1.82, 2.24) is 5.32 Å². The second-order valence-corrected chi connectivity index (χ2v) is 3.98. The first-order chi connectivity index (χ1) is 7.13. The third kappa shape index (κ3) is 3.96. The van der Waals surface area contributed by atoms with Crippen LogP contribution in [0.1, 0.15) is 18.1 Å². The van der Waals surface area contributed by atoms with Gasteiger partial charge < -0.3 is 5.32 Å². The van der Waals surface area contributed by atoms with Crippen LogP contribution in [0.25, 0.3) is 0 Å². The lowest BCUT2D eigenvalue weighted by Gasteiger charge is -2.21. The average molecular weight is 213 g/mol. The summed E-state index contributed by atoms with van der Waals surface area (Å²) < 4.78 is 24.5. The highest BCUT2D eigenvalue weighted by Gasteiger charge is 2.07. The molecule has 3 heteroatoms. The largest absolute Gasteiger partial charge is 0.316 e. The SMILES string of the molecule is CC1CNC1.Cc1ccc(CF)cc1F. The molecule has 0 aromatic heterocycles. The number of halogens is 2. The highest BCUT2D eigenvalue weighted by atomic mass is 19.1. The first-order valence-electron chi connectivity index (χ1n) is 5.15. The Balaban J connectivity index is 0.000000187. The fourth-order valence-corrected chi connectivity index (χ4v) is 1.15. The van der Waals surface area contributed by atoms with Crippen LogP contribution in [0.4, 0.5) is 8.78 Å². The number of aryl methyl sites for hydroxylation is 1. The second kappa shape index (κ2) is 5.81. The van der Waals surface area contributed by atoms with E-state index in [2.05, 4.69) is 12.2 Å². The van der Waals surface area contributed by atoms with Crippen molar-refractivity contribution in [3.63, 3.8) is 0 Å². The summed E-state index contributed by atoms with van der Waals surface area (Å²) in [5.74, 6) is 0.616. The van der Waals surface area contributed by atoms with E-state index in [1.54, 1.807) is 19.1 Å². The molecule has 0 atom stereocenters. The summed E-state index contributed by atoms with van der Waals surface area (Å²) in [6.07, 6.45) is 0. The highest BCUT2D eigenvalue weighted by Crippen LogP contribution is 2.09. The monoisotopic (exact) mass is 213 g/mol. The van der Waals surface area contributed by atoms with Crippen molar-refractivity contribution in [3.8, 4) is 0 Å². The van der Waals surface area contributed by atoms with Crippen molar-refractivity contribution in [2.24, 2.45) is 5.92 Å². The molecule has 1 nitrogen and oxygen atoms in total. The van der Waals surface area contributed by atoms with Gasteiger partial charge in [-0.1, -0.05) is 19.1 Å². The molecule has 15 heavy (non-hydrogen) atoms. The number of rotatable bonds is 1. The van der Waals surface area contributed by atoms with Crippen LogP contribution in [-0.2, 0) is 6.67 Å². The van der Waals surface area contributed by atoms with E-state index in [0.717, 1.165) is 5.92 Å². The maximum absolute atomic E-state index is 12.6. The van der Waals surface area contributed by atoms with Gasteiger partial charge in [0.15, 0.2) is 0 Å². The van der Waals surface area contributed by atoms with Crippen molar-refractivity contribution in [2.75, 3.05) is 13.1 Å². The molecule has 0 unspecified atom stereocenters. The molecule has 0 bridgehead atoms. The normalized spacial score (nSPS) is 15.2. The summed E-state index contributed by atoms with van der Waals surface area (Å²) >= 11 is 0. The topological polar surface area (TPSA) is 12.0 Å². The molecule has 1 fully saturated rings. The van der Waals surface area contributed by atoms with Gasteiger partial charge in [-0.3, -0.25) is 0 Å². The predicted octanol–water partition coefficient (Wildman–Crippen LogP) is 2.83. The van der Waals surface area contributed by atoms with Crippen LogP contribution < -0.4 is 5.32 Å². The Kier molecular flexibility index (Phi) is 4.69. The van der Waals surface area contributed by atoms with Crippen LogP contribution >= 0.6 is 0 Å². The van der Waals surface area contributed by atoms with Crippen molar-refractivity contribution >= 4 is 0 Å². The minimum absolute atomic E-state index is 0.338. The van der Waals surface area contributed by atoms with Gasteiger partial charge in [-0.2, -0.15) is 0 Å². The third-order valence-electron chi connectivity index (χ3n) is 2.38. The molecule has 0 spiro atoms. The van der Waals surface area contributed by atoms with Gasteiger partial charge in [0.05, 0.1) is 0 Å². The molecular formula is C12H17F2N. The van der Waals surface area contributed by atoms with Gasteiger partial charge in [-0.25, -0.2) is 8.78 Å². The van der Waals surface area contributed by atoms with E-state index in [0.29, 0.717) is 11.1 Å². The number of benzene rings is 1. The van der Waals surface area contributed by atoms with Crippen LogP contribution in [0.5, 0.6) is 0 Å². The molecule has 1 aliphatic rings.